The largest absolute Gasteiger partial charge is 0.459 e. The highest BCUT2D eigenvalue weighted by Gasteiger charge is 2.54. The molecule has 0 aromatic rings. The summed E-state index contributed by atoms with van der Waals surface area (Å²) < 4.78 is 5.46. The SMILES string of the molecule is C=CC1(C)CCC[C@@]2(C)OC(=O)C[C@H]12. The highest BCUT2D eigenvalue weighted by atomic mass is 16.6. The minimum atomic E-state index is -0.224. The molecule has 78 valence electrons. The zero-order valence-corrected chi connectivity index (χ0v) is 9.01. The predicted molar refractivity (Wildman–Crippen MR) is 54.8 cm³/mol. The average Bonchev–Trinajstić information content (AvgIpc) is 2.42. The van der Waals surface area contributed by atoms with Crippen LogP contribution in [0, 0.1) is 11.3 Å². The number of rotatable bonds is 1. The van der Waals surface area contributed by atoms with Crippen molar-refractivity contribution in [3.05, 3.63) is 12.7 Å². The number of carbonyl (C=O) groups excluding carboxylic acids is 1. The summed E-state index contributed by atoms with van der Waals surface area (Å²) >= 11 is 0. The zero-order valence-electron chi connectivity index (χ0n) is 9.01. The molecule has 1 saturated heterocycles. The molecule has 2 aliphatic rings. The Morgan fingerprint density at radius 3 is 2.86 bits per heavy atom. The molecule has 2 heteroatoms. The van der Waals surface area contributed by atoms with E-state index in [0.29, 0.717) is 12.3 Å². The second-order valence-corrected chi connectivity index (χ2v) is 5.11. The summed E-state index contributed by atoms with van der Waals surface area (Å²) in [6.07, 6.45) is 5.85. The number of fused-ring (bicyclic) bond motifs is 1. The Kier molecular flexibility index (Phi) is 1.98. The molecule has 0 amide bonds. The van der Waals surface area contributed by atoms with E-state index in [0.717, 1.165) is 19.3 Å². The van der Waals surface area contributed by atoms with Crippen LogP contribution in [0.25, 0.3) is 0 Å². The third-order valence-electron chi connectivity index (χ3n) is 4.11. The lowest BCUT2D eigenvalue weighted by atomic mass is 9.61. The lowest BCUT2D eigenvalue weighted by Crippen LogP contribution is -2.44. The molecule has 1 unspecified atom stereocenters. The van der Waals surface area contributed by atoms with Gasteiger partial charge in [0.2, 0.25) is 0 Å². The van der Waals surface area contributed by atoms with Crippen LogP contribution >= 0.6 is 0 Å². The monoisotopic (exact) mass is 194 g/mol. The maximum Gasteiger partial charge on any atom is 0.306 e. The Labute approximate surface area is 85.3 Å². The fourth-order valence-electron chi connectivity index (χ4n) is 3.15. The van der Waals surface area contributed by atoms with Gasteiger partial charge in [0.05, 0.1) is 6.42 Å². The van der Waals surface area contributed by atoms with Crippen LogP contribution in [-0.2, 0) is 9.53 Å². The van der Waals surface area contributed by atoms with Crippen LogP contribution in [0.5, 0.6) is 0 Å². The molecule has 1 aliphatic heterocycles. The normalized spacial score (nSPS) is 47.0. The van der Waals surface area contributed by atoms with Gasteiger partial charge in [0.25, 0.3) is 0 Å². The van der Waals surface area contributed by atoms with E-state index in [9.17, 15) is 4.79 Å². The minimum absolute atomic E-state index is 0.0347. The first-order valence-corrected chi connectivity index (χ1v) is 5.36. The molecule has 2 rings (SSSR count). The second kappa shape index (κ2) is 2.85. The number of hydrogen-bond acceptors (Lipinski definition) is 2. The Bertz CT molecular complexity index is 284. The van der Waals surface area contributed by atoms with Gasteiger partial charge in [-0.2, -0.15) is 0 Å². The van der Waals surface area contributed by atoms with Gasteiger partial charge < -0.3 is 4.74 Å². The van der Waals surface area contributed by atoms with Crippen LogP contribution in [0.3, 0.4) is 0 Å². The molecule has 2 fully saturated rings. The predicted octanol–water partition coefficient (Wildman–Crippen LogP) is 2.68. The van der Waals surface area contributed by atoms with Gasteiger partial charge in [-0.05, 0) is 31.6 Å². The average molecular weight is 194 g/mol. The highest BCUT2D eigenvalue weighted by Crippen LogP contribution is 2.53. The second-order valence-electron chi connectivity index (χ2n) is 5.11. The van der Waals surface area contributed by atoms with Crippen LogP contribution in [-0.4, -0.2) is 11.6 Å². The van der Waals surface area contributed by atoms with Gasteiger partial charge in [0.1, 0.15) is 5.60 Å². The van der Waals surface area contributed by atoms with Crippen LogP contribution < -0.4 is 0 Å². The van der Waals surface area contributed by atoms with E-state index in [1.54, 1.807) is 0 Å². The van der Waals surface area contributed by atoms with E-state index in [1.807, 2.05) is 6.08 Å². The summed E-state index contributed by atoms with van der Waals surface area (Å²) in [5, 5.41) is 0. The fourth-order valence-corrected chi connectivity index (χ4v) is 3.15. The van der Waals surface area contributed by atoms with E-state index in [1.165, 1.54) is 0 Å². The molecule has 2 nitrogen and oxygen atoms in total. The summed E-state index contributed by atoms with van der Waals surface area (Å²) in [5.74, 6) is 0.293. The molecule has 0 aromatic heterocycles. The number of ether oxygens (including phenoxy) is 1. The summed E-state index contributed by atoms with van der Waals surface area (Å²) in [6.45, 7) is 8.18. The van der Waals surface area contributed by atoms with Gasteiger partial charge in [-0.3, -0.25) is 4.79 Å². The first-order valence-electron chi connectivity index (χ1n) is 5.36. The lowest BCUT2D eigenvalue weighted by molar-refractivity contribution is -0.151. The van der Waals surface area contributed by atoms with Crippen molar-refractivity contribution < 1.29 is 9.53 Å². The van der Waals surface area contributed by atoms with Crippen molar-refractivity contribution >= 4 is 5.97 Å². The van der Waals surface area contributed by atoms with Gasteiger partial charge >= 0.3 is 5.97 Å². The van der Waals surface area contributed by atoms with E-state index in [-0.39, 0.29) is 17.0 Å². The number of carbonyl (C=O) groups is 1. The van der Waals surface area contributed by atoms with Gasteiger partial charge in [-0.25, -0.2) is 0 Å². The molecular weight excluding hydrogens is 176 g/mol. The van der Waals surface area contributed by atoms with E-state index in [4.69, 9.17) is 4.74 Å². The summed E-state index contributed by atoms with van der Waals surface area (Å²) in [6, 6.07) is 0. The van der Waals surface area contributed by atoms with Crippen LogP contribution in [0.2, 0.25) is 0 Å². The van der Waals surface area contributed by atoms with Crippen molar-refractivity contribution in [1.29, 1.82) is 0 Å². The fraction of sp³-hybridized carbons (Fsp3) is 0.750. The van der Waals surface area contributed by atoms with Gasteiger partial charge in [0.15, 0.2) is 0 Å². The Balaban J connectivity index is 2.34. The van der Waals surface area contributed by atoms with Crippen molar-refractivity contribution in [3.8, 4) is 0 Å². The summed E-state index contributed by atoms with van der Waals surface area (Å²) in [5.41, 5.74) is -0.141. The third kappa shape index (κ3) is 1.20. The van der Waals surface area contributed by atoms with Crippen molar-refractivity contribution in [1.82, 2.24) is 0 Å². The lowest BCUT2D eigenvalue weighted by Gasteiger charge is -2.45. The Morgan fingerprint density at radius 2 is 2.21 bits per heavy atom. The molecule has 0 N–H and O–H groups in total. The number of esters is 1. The van der Waals surface area contributed by atoms with Crippen molar-refractivity contribution in [3.63, 3.8) is 0 Å². The minimum Gasteiger partial charge on any atom is -0.459 e. The molecular formula is C12H18O2. The number of hydrogen-bond donors (Lipinski definition) is 0. The molecule has 0 aromatic carbocycles. The quantitative estimate of drug-likeness (QED) is 0.474. The van der Waals surface area contributed by atoms with Crippen LogP contribution in [0.15, 0.2) is 12.7 Å². The highest BCUT2D eigenvalue weighted by molar-refractivity contribution is 5.73. The molecule has 0 spiro atoms. The van der Waals surface area contributed by atoms with Gasteiger partial charge in [0, 0.05) is 5.92 Å². The zero-order chi connectivity index (χ0) is 10.4. The Hall–Kier alpha value is -0.790. The van der Waals surface area contributed by atoms with Crippen molar-refractivity contribution in [2.45, 2.75) is 45.1 Å². The molecule has 1 aliphatic carbocycles. The first-order chi connectivity index (χ1) is 6.50. The number of allylic oxidation sites excluding steroid dienone is 1. The smallest absolute Gasteiger partial charge is 0.306 e. The van der Waals surface area contributed by atoms with E-state index >= 15 is 0 Å². The molecule has 1 heterocycles. The maximum absolute atomic E-state index is 11.4. The molecule has 3 atom stereocenters. The van der Waals surface area contributed by atoms with Gasteiger partial charge in [-0.1, -0.05) is 13.0 Å². The summed E-state index contributed by atoms with van der Waals surface area (Å²) in [7, 11) is 0. The standard InChI is InChI=1S/C12H18O2/c1-4-11(2)6-5-7-12(3)9(11)8-10(13)14-12/h4,9H,1,5-8H2,2-3H3/t9-,11?,12-/m1/s1. The van der Waals surface area contributed by atoms with Crippen molar-refractivity contribution in [2.24, 2.45) is 11.3 Å². The molecule has 0 bridgehead atoms. The summed E-state index contributed by atoms with van der Waals surface area (Å²) in [4.78, 5) is 11.4. The molecule has 0 radical (unpaired) electrons. The third-order valence-corrected chi connectivity index (χ3v) is 4.11. The van der Waals surface area contributed by atoms with Gasteiger partial charge in [-0.15, -0.1) is 6.58 Å². The Morgan fingerprint density at radius 1 is 1.50 bits per heavy atom. The van der Waals surface area contributed by atoms with Crippen LogP contribution in [0.4, 0.5) is 0 Å². The molecule has 1 saturated carbocycles. The first kappa shape index (κ1) is 9.75. The maximum atomic E-state index is 11.4. The topological polar surface area (TPSA) is 26.3 Å². The van der Waals surface area contributed by atoms with E-state index in [2.05, 4.69) is 20.4 Å². The molecule has 14 heavy (non-hydrogen) atoms. The van der Waals surface area contributed by atoms with E-state index < -0.39 is 0 Å². The van der Waals surface area contributed by atoms with Crippen LogP contribution in [0.1, 0.15) is 39.5 Å². The van der Waals surface area contributed by atoms with Crippen molar-refractivity contribution in [2.75, 3.05) is 0 Å².